The lowest BCUT2D eigenvalue weighted by Crippen LogP contribution is -2.37. The number of alkyl halides is 3. The molecule has 1 aromatic rings. The number of hydrogen-bond donors (Lipinski definition) is 2. The molecular weight excluding hydrogens is 277 g/mol. The van der Waals surface area contributed by atoms with Gasteiger partial charge in [-0.3, -0.25) is 9.59 Å². The molecule has 1 atom stereocenters. The monoisotopic (exact) mass is 290 g/mol. The molecule has 2 heterocycles. The fourth-order valence-electron chi connectivity index (χ4n) is 2.03. The minimum atomic E-state index is -4.45. The maximum Gasteiger partial charge on any atom is 0.406 e. The van der Waals surface area contributed by atoms with Crippen LogP contribution in [0.3, 0.4) is 0 Å². The molecule has 1 fully saturated rings. The second kappa shape index (κ2) is 5.51. The lowest BCUT2D eigenvalue weighted by atomic mass is 10.1. The number of aromatic nitrogens is 2. The lowest BCUT2D eigenvalue weighted by Gasteiger charge is -2.18. The van der Waals surface area contributed by atoms with E-state index >= 15 is 0 Å². The molecule has 0 radical (unpaired) electrons. The fourth-order valence-corrected chi connectivity index (χ4v) is 2.03. The van der Waals surface area contributed by atoms with Crippen LogP contribution in [-0.2, 0) is 16.1 Å². The summed E-state index contributed by atoms with van der Waals surface area (Å²) >= 11 is 0. The molecular formula is C11H13F3N4O2. The van der Waals surface area contributed by atoms with Gasteiger partial charge in [-0.25, -0.2) is 4.98 Å². The van der Waals surface area contributed by atoms with E-state index in [0.717, 1.165) is 0 Å². The van der Waals surface area contributed by atoms with E-state index in [2.05, 4.69) is 15.3 Å². The van der Waals surface area contributed by atoms with E-state index in [9.17, 15) is 22.8 Å². The van der Waals surface area contributed by atoms with Gasteiger partial charge in [-0.2, -0.15) is 13.2 Å². The predicted octanol–water partition coefficient (Wildman–Crippen LogP) is 0.437. The van der Waals surface area contributed by atoms with Gasteiger partial charge in [-0.1, -0.05) is 0 Å². The molecule has 1 unspecified atom stereocenters. The van der Waals surface area contributed by atoms with Crippen LogP contribution in [0.5, 0.6) is 0 Å². The van der Waals surface area contributed by atoms with Crippen LogP contribution in [0.2, 0.25) is 0 Å². The first-order valence-corrected chi connectivity index (χ1v) is 5.95. The van der Waals surface area contributed by atoms with Crippen molar-refractivity contribution in [3.63, 3.8) is 0 Å². The molecule has 2 rings (SSSR count). The molecule has 1 aromatic heterocycles. The maximum atomic E-state index is 12.2. The number of nitrogens with zero attached hydrogens (tertiary/aromatic N) is 2. The molecule has 110 valence electrons. The van der Waals surface area contributed by atoms with Crippen molar-refractivity contribution in [1.29, 1.82) is 0 Å². The van der Waals surface area contributed by atoms with E-state index in [0.29, 0.717) is 10.7 Å². The molecule has 1 saturated heterocycles. The van der Waals surface area contributed by atoms with Crippen molar-refractivity contribution in [3.8, 4) is 0 Å². The van der Waals surface area contributed by atoms with E-state index in [1.807, 2.05) is 0 Å². The highest BCUT2D eigenvalue weighted by Crippen LogP contribution is 2.23. The van der Waals surface area contributed by atoms with Crippen LogP contribution >= 0.6 is 0 Å². The molecule has 0 aliphatic carbocycles. The summed E-state index contributed by atoms with van der Waals surface area (Å²) in [5, 5.41) is 2.54. The van der Waals surface area contributed by atoms with Gasteiger partial charge in [-0.15, -0.1) is 0 Å². The van der Waals surface area contributed by atoms with Crippen molar-refractivity contribution in [2.45, 2.75) is 19.1 Å². The van der Waals surface area contributed by atoms with E-state index in [1.165, 1.54) is 6.20 Å². The number of H-pyrrole nitrogens is 1. The van der Waals surface area contributed by atoms with Crippen molar-refractivity contribution in [1.82, 2.24) is 20.2 Å². The third kappa shape index (κ3) is 3.72. The summed E-state index contributed by atoms with van der Waals surface area (Å²) in [6.07, 6.45) is -1.54. The van der Waals surface area contributed by atoms with Crippen LogP contribution in [0, 0.1) is 5.92 Å². The van der Waals surface area contributed by atoms with Crippen LogP contribution in [0.15, 0.2) is 12.4 Å². The first-order valence-electron chi connectivity index (χ1n) is 5.95. The molecule has 0 bridgehead atoms. The number of imidazole rings is 1. The van der Waals surface area contributed by atoms with Crippen LogP contribution in [0.4, 0.5) is 13.2 Å². The van der Waals surface area contributed by atoms with Crippen molar-refractivity contribution < 1.29 is 22.8 Å². The molecule has 2 amide bonds. The predicted molar refractivity (Wildman–Crippen MR) is 61.2 cm³/mol. The first kappa shape index (κ1) is 14.4. The summed E-state index contributed by atoms with van der Waals surface area (Å²) in [6, 6.07) is 0. The molecule has 20 heavy (non-hydrogen) atoms. The summed E-state index contributed by atoms with van der Waals surface area (Å²) in [6.45, 7) is -1.37. The van der Waals surface area contributed by atoms with Crippen LogP contribution in [0.1, 0.15) is 12.2 Å². The highest BCUT2D eigenvalue weighted by atomic mass is 19.4. The largest absolute Gasteiger partial charge is 0.406 e. The van der Waals surface area contributed by atoms with E-state index in [4.69, 9.17) is 0 Å². The van der Waals surface area contributed by atoms with Crippen LogP contribution < -0.4 is 5.32 Å². The Morgan fingerprint density at radius 3 is 2.90 bits per heavy atom. The van der Waals surface area contributed by atoms with E-state index in [1.54, 1.807) is 6.20 Å². The number of likely N-dealkylation sites (tertiary alicyclic amines) is 1. The third-order valence-corrected chi connectivity index (χ3v) is 2.94. The van der Waals surface area contributed by atoms with Gasteiger partial charge in [0.1, 0.15) is 12.4 Å². The zero-order chi connectivity index (χ0) is 14.8. The molecule has 0 saturated carbocycles. The SMILES string of the molecule is O=C(NCc1ncc[nH]1)C1CC(=O)N(CC(F)(F)F)C1. The van der Waals surface area contributed by atoms with Crippen LogP contribution in [0.25, 0.3) is 0 Å². The van der Waals surface area contributed by atoms with E-state index in [-0.39, 0.29) is 19.5 Å². The Bertz CT molecular complexity index is 486. The summed E-state index contributed by atoms with van der Waals surface area (Å²) in [5.41, 5.74) is 0. The zero-order valence-corrected chi connectivity index (χ0v) is 10.4. The summed E-state index contributed by atoms with van der Waals surface area (Å²) in [5.74, 6) is -1.31. The van der Waals surface area contributed by atoms with Crippen molar-refractivity contribution in [3.05, 3.63) is 18.2 Å². The molecule has 6 nitrogen and oxygen atoms in total. The number of nitrogens with one attached hydrogen (secondary N) is 2. The van der Waals surface area contributed by atoms with Gasteiger partial charge >= 0.3 is 6.18 Å². The number of carbonyl (C=O) groups is 2. The minimum absolute atomic E-state index is 0.149. The van der Waals surface area contributed by atoms with Gasteiger partial charge in [0.2, 0.25) is 11.8 Å². The average Bonchev–Trinajstić information content (AvgIpc) is 2.95. The standard InChI is InChI=1S/C11H13F3N4O2/c12-11(13,14)6-18-5-7(3-9(18)19)10(20)17-4-8-15-1-2-16-8/h1-2,7H,3-6H2,(H,15,16)(H,17,20). The number of carbonyl (C=O) groups excluding carboxylic acids is 2. The van der Waals surface area contributed by atoms with Gasteiger partial charge < -0.3 is 15.2 Å². The summed E-state index contributed by atoms with van der Waals surface area (Å²) in [4.78, 5) is 30.6. The van der Waals surface area contributed by atoms with Gasteiger partial charge in [0.15, 0.2) is 0 Å². The van der Waals surface area contributed by atoms with Crippen molar-refractivity contribution in [2.24, 2.45) is 5.92 Å². The van der Waals surface area contributed by atoms with E-state index < -0.39 is 30.5 Å². The van der Waals surface area contributed by atoms with Gasteiger partial charge in [0, 0.05) is 25.4 Å². The normalized spacial score (nSPS) is 19.4. The quantitative estimate of drug-likeness (QED) is 0.844. The van der Waals surface area contributed by atoms with Crippen LogP contribution in [-0.4, -0.2) is 45.9 Å². The molecule has 2 N–H and O–H groups in total. The second-order valence-corrected chi connectivity index (χ2v) is 4.54. The average molecular weight is 290 g/mol. The smallest absolute Gasteiger partial charge is 0.349 e. The van der Waals surface area contributed by atoms with Crippen molar-refractivity contribution >= 4 is 11.8 Å². The Hall–Kier alpha value is -2.06. The molecule has 1 aliphatic heterocycles. The van der Waals surface area contributed by atoms with Gasteiger partial charge in [0.25, 0.3) is 0 Å². The Kier molecular flexibility index (Phi) is 3.96. The summed E-state index contributed by atoms with van der Waals surface area (Å²) < 4.78 is 36.7. The lowest BCUT2D eigenvalue weighted by molar-refractivity contribution is -0.157. The number of hydrogen-bond acceptors (Lipinski definition) is 3. The maximum absolute atomic E-state index is 12.2. The first-order chi connectivity index (χ1) is 9.35. The fraction of sp³-hybridized carbons (Fsp3) is 0.545. The molecule has 0 aromatic carbocycles. The number of rotatable bonds is 4. The molecule has 0 spiro atoms. The van der Waals surface area contributed by atoms with Crippen molar-refractivity contribution in [2.75, 3.05) is 13.1 Å². The van der Waals surface area contributed by atoms with Gasteiger partial charge in [-0.05, 0) is 0 Å². The Morgan fingerprint density at radius 2 is 2.30 bits per heavy atom. The Morgan fingerprint density at radius 1 is 1.55 bits per heavy atom. The van der Waals surface area contributed by atoms with Gasteiger partial charge in [0.05, 0.1) is 12.5 Å². The topological polar surface area (TPSA) is 78.1 Å². The minimum Gasteiger partial charge on any atom is -0.349 e. The molecule has 9 heteroatoms. The number of halogens is 3. The Balaban J connectivity index is 1.84. The highest BCUT2D eigenvalue weighted by molar-refractivity contribution is 5.89. The number of aromatic amines is 1. The second-order valence-electron chi connectivity index (χ2n) is 4.54. The highest BCUT2D eigenvalue weighted by Gasteiger charge is 2.40. The zero-order valence-electron chi connectivity index (χ0n) is 10.4. The molecule has 1 aliphatic rings. The Labute approximate surface area is 112 Å². The third-order valence-electron chi connectivity index (χ3n) is 2.94. The number of amides is 2. The summed E-state index contributed by atoms with van der Waals surface area (Å²) in [7, 11) is 0.